The van der Waals surface area contributed by atoms with Gasteiger partial charge in [-0.2, -0.15) is 5.26 Å². The van der Waals surface area contributed by atoms with Gasteiger partial charge in [-0.25, -0.2) is 0 Å². The van der Waals surface area contributed by atoms with Crippen molar-refractivity contribution in [2.24, 2.45) is 5.92 Å². The summed E-state index contributed by atoms with van der Waals surface area (Å²) in [6, 6.07) is 2.20. The molecule has 0 aromatic carbocycles. The van der Waals surface area contributed by atoms with Crippen LogP contribution in [0.15, 0.2) is 0 Å². The van der Waals surface area contributed by atoms with Crippen molar-refractivity contribution >= 4 is 0 Å². The lowest BCUT2D eigenvalue weighted by molar-refractivity contribution is 0.606. The Bertz CT molecular complexity index is 189. The minimum absolute atomic E-state index is 0.0142. The fourth-order valence-corrected chi connectivity index (χ4v) is 1.10. The molecule has 1 heteroatoms. The number of hydrogen-bond acceptors (Lipinski definition) is 1. The van der Waals surface area contributed by atoms with E-state index in [-0.39, 0.29) is 5.92 Å². The first-order valence-corrected chi connectivity index (χ1v) is 3.81. The van der Waals surface area contributed by atoms with Crippen LogP contribution in [-0.4, -0.2) is 0 Å². The molecule has 0 N–H and O–H groups in total. The molecule has 1 aliphatic carbocycles. The molecule has 52 valence electrons. The molecule has 0 saturated carbocycles. The average Bonchev–Trinajstić information content (AvgIpc) is 1.87. The summed E-state index contributed by atoms with van der Waals surface area (Å²) in [5, 5.41) is 8.56. The average molecular weight is 133 g/mol. The Hall–Kier alpha value is -0.950. The second-order valence-electron chi connectivity index (χ2n) is 2.60. The standard InChI is InChI=1S/C9H11N/c10-8-9-6-4-2-1-3-5-7-9/h9H,1-4,6H2. The van der Waals surface area contributed by atoms with E-state index in [1.165, 1.54) is 19.3 Å². The third-order valence-electron chi connectivity index (χ3n) is 1.73. The van der Waals surface area contributed by atoms with Crippen molar-refractivity contribution < 1.29 is 0 Å². The lowest BCUT2D eigenvalue weighted by atomic mass is 10.00. The zero-order valence-corrected chi connectivity index (χ0v) is 6.06. The van der Waals surface area contributed by atoms with Crippen molar-refractivity contribution in [3.8, 4) is 17.9 Å². The Morgan fingerprint density at radius 2 is 2.20 bits per heavy atom. The van der Waals surface area contributed by atoms with E-state index in [1.54, 1.807) is 0 Å². The first kappa shape index (κ1) is 7.16. The molecule has 0 amide bonds. The fraction of sp³-hybridized carbons (Fsp3) is 0.667. The summed E-state index contributed by atoms with van der Waals surface area (Å²) < 4.78 is 0. The molecule has 1 rings (SSSR count). The summed E-state index contributed by atoms with van der Waals surface area (Å²) >= 11 is 0. The van der Waals surface area contributed by atoms with Gasteiger partial charge in [0, 0.05) is 6.42 Å². The minimum atomic E-state index is 0.0142. The van der Waals surface area contributed by atoms with Crippen LogP contribution >= 0.6 is 0 Å². The van der Waals surface area contributed by atoms with E-state index in [1.807, 2.05) is 0 Å². The van der Waals surface area contributed by atoms with E-state index >= 15 is 0 Å². The Morgan fingerprint density at radius 1 is 1.30 bits per heavy atom. The Morgan fingerprint density at radius 3 is 3.00 bits per heavy atom. The van der Waals surface area contributed by atoms with Crippen LogP contribution in [0.5, 0.6) is 0 Å². The molecule has 0 spiro atoms. The van der Waals surface area contributed by atoms with E-state index in [2.05, 4.69) is 17.9 Å². The molecule has 0 aromatic rings. The first-order valence-electron chi connectivity index (χ1n) is 3.81. The van der Waals surface area contributed by atoms with Crippen molar-refractivity contribution in [2.75, 3.05) is 0 Å². The van der Waals surface area contributed by atoms with E-state index in [0.29, 0.717) is 0 Å². The molecule has 1 aliphatic rings. The van der Waals surface area contributed by atoms with Gasteiger partial charge < -0.3 is 0 Å². The maximum atomic E-state index is 8.56. The second-order valence-corrected chi connectivity index (χ2v) is 2.60. The number of hydrogen-bond donors (Lipinski definition) is 0. The van der Waals surface area contributed by atoms with Gasteiger partial charge in [0.05, 0.1) is 6.07 Å². The highest BCUT2D eigenvalue weighted by Gasteiger charge is 2.03. The second kappa shape index (κ2) is 3.96. The van der Waals surface area contributed by atoms with Crippen molar-refractivity contribution in [2.45, 2.75) is 32.1 Å². The van der Waals surface area contributed by atoms with E-state index in [9.17, 15) is 0 Å². The number of nitriles is 1. The normalized spacial score (nSPS) is 24.9. The van der Waals surface area contributed by atoms with Crippen molar-refractivity contribution in [1.82, 2.24) is 0 Å². The monoisotopic (exact) mass is 133 g/mol. The summed E-state index contributed by atoms with van der Waals surface area (Å²) in [6.45, 7) is 0. The molecule has 0 heterocycles. The van der Waals surface area contributed by atoms with Gasteiger partial charge in [-0.1, -0.05) is 18.8 Å². The zero-order chi connectivity index (χ0) is 7.23. The maximum absolute atomic E-state index is 8.56. The van der Waals surface area contributed by atoms with E-state index in [4.69, 9.17) is 5.26 Å². The molecule has 0 aliphatic heterocycles. The van der Waals surface area contributed by atoms with Crippen molar-refractivity contribution in [3.63, 3.8) is 0 Å². The minimum Gasteiger partial charge on any atom is -0.197 e. The van der Waals surface area contributed by atoms with Crippen LogP contribution in [0.3, 0.4) is 0 Å². The van der Waals surface area contributed by atoms with Crippen LogP contribution < -0.4 is 0 Å². The Balaban J connectivity index is 2.49. The number of nitrogens with zero attached hydrogens (tertiary/aromatic N) is 1. The third kappa shape index (κ3) is 2.11. The topological polar surface area (TPSA) is 23.8 Å². The number of rotatable bonds is 0. The predicted molar refractivity (Wildman–Crippen MR) is 40.0 cm³/mol. The van der Waals surface area contributed by atoms with Gasteiger partial charge >= 0.3 is 0 Å². The highest BCUT2D eigenvalue weighted by atomic mass is 14.3. The molecule has 0 aromatic heterocycles. The van der Waals surface area contributed by atoms with Crippen LogP contribution in [0.25, 0.3) is 0 Å². The van der Waals surface area contributed by atoms with Crippen LogP contribution in [-0.2, 0) is 0 Å². The zero-order valence-electron chi connectivity index (χ0n) is 6.06. The molecule has 0 saturated heterocycles. The highest BCUT2D eigenvalue weighted by molar-refractivity contribution is 5.11. The smallest absolute Gasteiger partial charge is 0.107 e. The highest BCUT2D eigenvalue weighted by Crippen LogP contribution is 2.11. The van der Waals surface area contributed by atoms with Crippen LogP contribution in [0.4, 0.5) is 0 Å². The quantitative estimate of drug-likeness (QED) is 0.464. The van der Waals surface area contributed by atoms with Gasteiger partial charge in [-0.15, -0.1) is 5.92 Å². The van der Waals surface area contributed by atoms with Gasteiger partial charge in [0.15, 0.2) is 0 Å². The SMILES string of the molecule is N#CC1C#CCCCCC1. The van der Waals surface area contributed by atoms with E-state index in [0.717, 1.165) is 12.8 Å². The lowest BCUT2D eigenvalue weighted by Gasteiger charge is -2.02. The molecule has 0 fully saturated rings. The van der Waals surface area contributed by atoms with Crippen molar-refractivity contribution in [1.29, 1.82) is 5.26 Å². The third-order valence-corrected chi connectivity index (χ3v) is 1.73. The summed E-state index contributed by atoms with van der Waals surface area (Å²) in [5.74, 6) is 5.99. The maximum Gasteiger partial charge on any atom is 0.107 e. The molecule has 1 atom stereocenters. The van der Waals surface area contributed by atoms with Crippen LogP contribution in [0.1, 0.15) is 32.1 Å². The summed E-state index contributed by atoms with van der Waals surface area (Å²) in [5.41, 5.74) is 0. The largest absolute Gasteiger partial charge is 0.197 e. The summed E-state index contributed by atoms with van der Waals surface area (Å²) in [6.07, 6.45) is 5.59. The van der Waals surface area contributed by atoms with Gasteiger partial charge in [-0.3, -0.25) is 0 Å². The fourth-order valence-electron chi connectivity index (χ4n) is 1.10. The van der Waals surface area contributed by atoms with Gasteiger partial charge in [0.25, 0.3) is 0 Å². The van der Waals surface area contributed by atoms with Crippen LogP contribution in [0, 0.1) is 29.1 Å². The van der Waals surface area contributed by atoms with Gasteiger partial charge in [-0.05, 0) is 12.8 Å². The van der Waals surface area contributed by atoms with Crippen molar-refractivity contribution in [3.05, 3.63) is 0 Å². The van der Waals surface area contributed by atoms with Gasteiger partial charge in [0.1, 0.15) is 5.92 Å². The molecule has 10 heavy (non-hydrogen) atoms. The molecular weight excluding hydrogens is 122 g/mol. The predicted octanol–water partition coefficient (Wildman–Crippen LogP) is 2.09. The summed E-state index contributed by atoms with van der Waals surface area (Å²) in [4.78, 5) is 0. The molecule has 1 nitrogen and oxygen atoms in total. The first-order chi connectivity index (χ1) is 4.93. The summed E-state index contributed by atoms with van der Waals surface area (Å²) in [7, 11) is 0. The molecule has 0 bridgehead atoms. The van der Waals surface area contributed by atoms with E-state index < -0.39 is 0 Å². The van der Waals surface area contributed by atoms with Crippen LogP contribution in [0.2, 0.25) is 0 Å². The Kier molecular flexibility index (Phi) is 2.84. The van der Waals surface area contributed by atoms with Gasteiger partial charge in [0.2, 0.25) is 0 Å². The molecule has 1 unspecified atom stereocenters. The molecular formula is C9H11N. The lowest BCUT2D eigenvalue weighted by Crippen LogP contribution is -1.95. The Labute approximate surface area is 62.0 Å². The molecule has 0 radical (unpaired) electrons.